The van der Waals surface area contributed by atoms with Gasteiger partial charge >= 0.3 is 0 Å². The van der Waals surface area contributed by atoms with E-state index in [-0.39, 0.29) is 12.4 Å². The molecule has 0 bridgehead atoms. The average Bonchev–Trinajstić information content (AvgIpc) is 2.26. The average molecular weight is 250 g/mol. The summed E-state index contributed by atoms with van der Waals surface area (Å²) >= 11 is 0. The largest absolute Gasteiger partial charge is 0.395 e. The standard InChI is InChI=1S/C13H22N4O/c1-4-5-17(6-7-18)13-11(12(14)15)9(2)8-10(3)16-13/h8,18H,4-7H2,1-3H3,(H3,14,15). The van der Waals surface area contributed by atoms with Crippen LogP contribution in [0.25, 0.3) is 0 Å². The van der Waals surface area contributed by atoms with Crippen LogP contribution in [0.5, 0.6) is 0 Å². The molecule has 0 aliphatic carbocycles. The van der Waals surface area contributed by atoms with Crippen molar-refractivity contribution in [1.82, 2.24) is 4.98 Å². The number of amidine groups is 1. The van der Waals surface area contributed by atoms with Crippen LogP contribution in [0.3, 0.4) is 0 Å². The minimum absolute atomic E-state index is 0.0223. The molecule has 0 saturated heterocycles. The molecule has 0 fully saturated rings. The summed E-state index contributed by atoms with van der Waals surface area (Å²) < 4.78 is 0. The molecule has 5 heteroatoms. The van der Waals surface area contributed by atoms with E-state index < -0.39 is 0 Å². The molecule has 0 amide bonds. The Balaban J connectivity index is 3.29. The number of pyridine rings is 1. The SMILES string of the molecule is CCCN(CCO)c1nc(C)cc(C)c1C(=N)N. The fourth-order valence-corrected chi connectivity index (χ4v) is 2.09. The van der Waals surface area contributed by atoms with Crippen molar-refractivity contribution in [2.45, 2.75) is 27.2 Å². The Labute approximate surface area is 108 Å². The van der Waals surface area contributed by atoms with E-state index in [4.69, 9.17) is 16.2 Å². The number of aliphatic hydroxyl groups is 1. The lowest BCUT2D eigenvalue weighted by Gasteiger charge is -2.25. The third-order valence-corrected chi connectivity index (χ3v) is 2.76. The zero-order valence-corrected chi connectivity index (χ0v) is 11.3. The van der Waals surface area contributed by atoms with Gasteiger partial charge in [-0.05, 0) is 31.9 Å². The van der Waals surface area contributed by atoms with E-state index in [2.05, 4.69) is 11.9 Å². The summed E-state index contributed by atoms with van der Waals surface area (Å²) in [5, 5.41) is 16.8. The van der Waals surface area contributed by atoms with Crippen molar-refractivity contribution in [2.75, 3.05) is 24.6 Å². The van der Waals surface area contributed by atoms with E-state index in [1.54, 1.807) is 0 Å². The molecule has 1 aromatic rings. The highest BCUT2D eigenvalue weighted by Gasteiger charge is 2.16. The molecule has 0 aromatic carbocycles. The van der Waals surface area contributed by atoms with Gasteiger partial charge in [0.1, 0.15) is 11.7 Å². The Morgan fingerprint density at radius 1 is 1.44 bits per heavy atom. The van der Waals surface area contributed by atoms with E-state index in [0.717, 1.165) is 24.2 Å². The number of rotatable bonds is 6. The van der Waals surface area contributed by atoms with Crippen molar-refractivity contribution < 1.29 is 5.11 Å². The molecule has 100 valence electrons. The number of anilines is 1. The minimum atomic E-state index is 0.0223. The van der Waals surface area contributed by atoms with Crippen LogP contribution in [0.4, 0.5) is 5.82 Å². The second-order valence-corrected chi connectivity index (χ2v) is 4.40. The molecule has 18 heavy (non-hydrogen) atoms. The van der Waals surface area contributed by atoms with Gasteiger partial charge in [0.2, 0.25) is 0 Å². The van der Waals surface area contributed by atoms with Gasteiger partial charge in [-0.2, -0.15) is 0 Å². The smallest absolute Gasteiger partial charge is 0.140 e. The number of nitrogen functional groups attached to an aromatic ring is 1. The maximum Gasteiger partial charge on any atom is 0.140 e. The predicted octanol–water partition coefficient (Wildman–Crippen LogP) is 1.19. The van der Waals surface area contributed by atoms with Crippen LogP contribution in [0.2, 0.25) is 0 Å². The van der Waals surface area contributed by atoms with Crippen LogP contribution in [0.15, 0.2) is 6.07 Å². The molecule has 5 nitrogen and oxygen atoms in total. The number of nitrogens with one attached hydrogen (secondary N) is 1. The van der Waals surface area contributed by atoms with Crippen LogP contribution in [-0.4, -0.2) is 35.6 Å². The van der Waals surface area contributed by atoms with E-state index in [1.165, 1.54) is 0 Å². The molecular formula is C13H22N4O. The van der Waals surface area contributed by atoms with Crippen LogP contribution in [0, 0.1) is 19.3 Å². The van der Waals surface area contributed by atoms with Crippen LogP contribution >= 0.6 is 0 Å². The summed E-state index contributed by atoms with van der Waals surface area (Å²) in [6.45, 7) is 7.27. The highest BCUT2D eigenvalue weighted by Crippen LogP contribution is 2.22. The van der Waals surface area contributed by atoms with Gasteiger partial charge in [0, 0.05) is 18.8 Å². The van der Waals surface area contributed by atoms with Crippen LogP contribution < -0.4 is 10.6 Å². The van der Waals surface area contributed by atoms with Crippen molar-refractivity contribution in [3.05, 3.63) is 22.9 Å². The van der Waals surface area contributed by atoms with E-state index in [9.17, 15) is 0 Å². The van der Waals surface area contributed by atoms with Gasteiger partial charge in [0.15, 0.2) is 0 Å². The first-order valence-electron chi connectivity index (χ1n) is 6.19. The Morgan fingerprint density at radius 2 is 2.11 bits per heavy atom. The van der Waals surface area contributed by atoms with Gasteiger partial charge in [0.05, 0.1) is 12.2 Å². The van der Waals surface area contributed by atoms with Crippen LogP contribution in [0.1, 0.15) is 30.2 Å². The van der Waals surface area contributed by atoms with Gasteiger partial charge in [0.25, 0.3) is 0 Å². The number of hydrogen-bond acceptors (Lipinski definition) is 4. The highest BCUT2D eigenvalue weighted by molar-refractivity contribution is 6.01. The first kappa shape index (κ1) is 14.4. The Bertz CT molecular complexity index is 425. The summed E-state index contributed by atoms with van der Waals surface area (Å²) in [7, 11) is 0. The summed E-state index contributed by atoms with van der Waals surface area (Å²) in [6.07, 6.45) is 0.950. The van der Waals surface area contributed by atoms with Crippen molar-refractivity contribution in [1.29, 1.82) is 5.41 Å². The number of aromatic nitrogens is 1. The Hall–Kier alpha value is -1.62. The summed E-state index contributed by atoms with van der Waals surface area (Å²) in [4.78, 5) is 6.47. The molecule has 1 rings (SSSR count). The zero-order chi connectivity index (χ0) is 13.7. The normalized spacial score (nSPS) is 10.4. The molecule has 0 aliphatic heterocycles. The van der Waals surface area contributed by atoms with Gasteiger partial charge in [-0.1, -0.05) is 6.92 Å². The number of nitrogens with two attached hydrogens (primary N) is 1. The maximum atomic E-state index is 9.14. The fourth-order valence-electron chi connectivity index (χ4n) is 2.09. The van der Waals surface area contributed by atoms with Crippen molar-refractivity contribution in [3.63, 3.8) is 0 Å². The summed E-state index contributed by atoms with van der Waals surface area (Å²) in [5.41, 5.74) is 8.16. The van der Waals surface area contributed by atoms with Gasteiger partial charge in [-0.25, -0.2) is 4.98 Å². The lowest BCUT2D eigenvalue weighted by atomic mass is 10.1. The van der Waals surface area contributed by atoms with Gasteiger partial charge in [-0.3, -0.25) is 5.41 Å². The van der Waals surface area contributed by atoms with Crippen molar-refractivity contribution >= 4 is 11.7 Å². The molecule has 4 N–H and O–H groups in total. The van der Waals surface area contributed by atoms with E-state index in [0.29, 0.717) is 17.9 Å². The predicted molar refractivity (Wildman–Crippen MR) is 74.3 cm³/mol. The number of nitrogens with zero attached hydrogens (tertiary/aromatic N) is 2. The van der Waals surface area contributed by atoms with Gasteiger partial charge < -0.3 is 15.7 Å². The topological polar surface area (TPSA) is 86.2 Å². The van der Waals surface area contributed by atoms with E-state index in [1.807, 2.05) is 24.8 Å². The number of aliphatic hydroxyl groups excluding tert-OH is 1. The lowest BCUT2D eigenvalue weighted by molar-refractivity contribution is 0.301. The molecule has 1 heterocycles. The molecule has 0 aliphatic rings. The monoisotopic (exact) mass is 250 g/mol. The maximum absolute atomic E-state index is 9.14. The molecular weight excluding hydrogens is 228 g/mol. The number of aryl methyl sites for hydroxylation is 2. The lowest BCUT2D eigenvalue weighted by Crippen LogP contribution is -2.31. The molecule has 0 saturated carbocycles. The first-order chi connectivity index (χ1) is 8.51. The van der Waals surface area contributed by atoms with Gasteiger partial charge in [-0.15, -0.1) is 0 Å². The third-order valence-electron chi connectivity index (χ3n) is 2.76. The Kier molecular flexibility index (Phi) is 5.09. The second-order valence-electron chi connectivity index (χ2n) is 4.40. The first-order valence-corrected chi connectivity index (χ1v) is 6.19. The van der Waals surface area contributed by atoms with Crippen LogP contribution in [-0.2, 0) is 0 Å². The molecule has 0 radical (unpaired) electrons. The molecule has 0 spiro atoms. The molecule has 0 unspecified atom stereocenters. The zero-order valence-electron chi connectivity index (χ0n) is 11.3. The van der Waals surface area contributed by atoms with Crippen molar-refractivity contribution in [2.24, 2.45) is 5.73 Å². The second kappa shape index (κ2) is 6.35. The Morgan fingerprint density at radius 3 is 2.61 bits per heavy atom. The van der Waals surface area contributed by atoms with E-state index >= 15 is 0 Å². The molecule has 1 aromatic heterocycles. The summed E-state index contributed by atoms with van der Waals surface area (Å²) in [5.74, 6) is 0.727. The minimum Gasteiger partial charge on any atom is -0.395 e. The summed E-state index contributed by atoms with van der Waals surface area (Å²) in [6, 6.07) is 1.92. The highest BCUT2D eigenvalue weighted by atomic mass is 16.3. The van der Waals surface area contributed by atoms with Crippen molar-refractivity contribution in [3.8, 4) is 0 Å². The quantitative estimate of drug-likeness (QED) is 0.523. The molecule has 0 atom stereocenters. The number of hydrogen-bond donors (Lipinski definition) is 3. The third kappa shape index (κ3) is 3.20. The fraction of sp³-hybridized carbons (Fsp3) is 0.538.